The molecule has 0 aliphatic heterocycles. The summed E-state index contributed by atoms with van der Waals surface area (Å²) in [6, 6.07) is 15.7. The van der Waals surface area contributed by atoms with Crippen molar-refractivity contribution in [2.24, 2.45) is 0 Å². The van der Waals surface area contributed by atoms with Gasteiger partial charge in [0.05, 0.1) is 22.2 Å². The second kappa shape index (κ2) is 8.81. The zero-order chi connectivity index (χ0) is 19.2. The van der Waals surface area contributed by atoms with Crippen molar-refractivity contribution >= 4 is 46.1 Å². The Bertz CT molecular complexity index is 958. The summed E-state index contributed by atoms with van der Waals surface area (Å²) in [5.41, 5.74) is 2.39. The monoisotopic (exact) mass is 400 g/mol. The van der Waals surface area contributed by atoms with E-state index >= 15 is 0 Å². The summed E-state index contributed by atoms with van der Waals surface area (Å²) >= 11 is 7.49. The number of hydrogen-bond acceptors (Lipinski definition) is 4. The molecule has 27 heavy (non-hydrogen) atoms. The van der Waals surface area contributed by atoms with Gasteiger partial charge in [0, 0.05) is 18.4 Å². The van der Waals surface area contributed by atoms with Gasteiger partial charge in [-0.25, -0.2) is 0 Å². The zero-order valence-electron chi connectivity index (χ0n) is 14.5. The minimum Gasteiger partial charge on any atom is -0.380 e. The lowest BCUT2D eigenvalue weighted by Gasteiger charge is -2.10. The number of amides is 2. The van der Waals surface area contributed by atoms with E-state index in [2.05, 4.69) is 10.6 Å². The Kier molecular flexibility index (Phi) is 6.24. The number of carbonyl (C=O) groups excluding carboxylic acids is 2. The molecule has 1 aromatic heterocycles. The average Bonchev–Trinajstić information content (AvgIpc) is 3.19. The highest BCUT2D eigenvalue weighted by Crippen LogP contribution is 2.25. The molecule has 0 radical (unpaired) electrons. The van der Waals surface area contributed by atoms with Gasteiger partial charge in [-0.2, -0.15) is 0 Å². The second-order valence-corrected chi connectivity index (χ2v) is 7.07. The molecule has 2 amide bonds. The normalized spacial score (nSPS) is 10.4. The van der Waals surface area contributed by atoms with Crippen LogP contribution in [0.15, 0.2) is 60.0 Å². The molecule has 0 fully saturated rings. The summed E-state index contributed by atoms with van der Waals surface area (Å²) in [4.78, 5) is 25.4. The molecule has 5 nitrogen and oxygen atoms in total. The molecule has 0 bridgehead atoms. The van der Waals surface area contributed by atoms with Crippen LogP contribution < -0.4 is 10.6 Å². The van der Waals surface area contributed by atoms with Crippen LogP contribution in [0.2, 0.25) is 5.02 Å². The van der Waals surface area contributed by atoms with Crippen molar-refractivity contribution in [2.45, 2.75) is 6.61 Å². The molecular formula is C20H17ClN2O3S. The first-order chi connectivity index (χ1) is 13.1. The number of anilines is 2. The number of benzene rings is 2. The van der Waals surface area contributed by atoms with Crippen molar-refractivity contribution in [3.05, 3.63) is 81.0 Å². The largest absolute Gasteiger partial charge is 0.380 e. The Labute approximate surface area is 165 Å². The minimum atomic E-state index is -0.298. The molecule has 0 saturated heterocycles. The summed E-state index contributed by atoms with van der Waals surface area (Å²) in [5.74, 6) is -0.565. The lowest BCUT2D eigenvalue weighted by molar-refractivity contribution is 0.101. The first-order valence-corrected chi connectivity index (χ1v) is 9.36. The maximum absolute atomic E-state index is 12.6. The zero-order valence-corrected chi connectivity index (χ0v) is 16.1. The van der Waals surface area contributed by atoms with Crippen LogP contribution in [0.5, 0.6) is 0 Å². The average molecular weight is 401 g/mol. The van der Waals surface area contributed by atoms with Gasteiger partial charge in [-0.15, -0.1) is 11.3 Å². The molecule has 0 spiro atoms. The van der Waals surface area contributed by atoms with E-state index in [1.165, 1.54) is 11.3 Å². The quantitative estimate of drug-likeness (QED) is 0.608. The van der Waals surface area contributed by atoms with Crippen molar-refractivity contribution < 1.29 is 14.3 Å². The number of hydrogen-bond donors (Lipinski definition) is 2. The Balaban J connectivity index is 1.75. The standard InChI is InChI=1S/C20H17ClN2O3S/c1-26-12-13-4-2-5-15(10-13)22-19(24)14-7-8-16(21)17(11-14)23-20(25)18-6-3-9-27-18/h2-11H,12H2,1H3,(H,22,24)(H,23,25). The summed E-state index contributed by atoms with van der Waals surface area (Å²) in [5, 5.41) is 7.75. The van der Waals surface area contributed by atoms with Crippen LogP contribution in [-0.2, 0) is 11.3 Å². The van der Waals surface area contributed by atoms with E-state index in [-0.39, 0.29) is 11.8 Å². The van der Waals surface area contributed by atoms with Crippen molar-refractivity contribution in [1.82, 2.24) is 0 Å². The maximum Gasteiger partial charge on any atom is 0.265 e. The van der Waals surface area contributed by atoms with Crippen LogP contribution in [-0.4, -0.2) is 18.9 Å². The van der Waals surface area contributed by atoms with Crippen LogP contribution in [0.25, 0.3) is 0 Å². The molecule has 2 N–H and O–H groups in total. The van der Waals surface area contributed by atoms with E-state index < -0.39 is 0 Å². The molecular weight excluding hydrogens is 384 g/mol. The van der Waals surface area contributed by atoms with E-state index in [1.807, 2.05) is 23.6 Å². The topological polar surface area (TPSA) is 67.4 Å². The molecule has 0 aliphatic rings. The predicted octanol–water partition coefficient (Wildman–Crippen LogP) is 5.05. The molecule has 3 rings (SSSR count). The van der Waals surface area contributed by atoms with Crippen LogP contribution >= 0.6 is 22.9 Å². The van der Waals surface area contributed by atoms with Gasteiger partial charge in [0.2, 0.25) is 0 Å². The van der Waals surface area contributed by atoms with Gasteiger partial charge in [-0.05, 0) is 47.3 Å². The fourth-order valence-electron chi connectivity index (χ4n) is 2.46. The van der Waals surface area contributed by atoms with Gasteiger partial charge in [0.15, 0.2) is 0 Å². The SMILES string of the molecule is COCc1cccc(NC(=O)c2ccc(Cl)c(NC(=O)c3cccs3)c2)c1. The number of halogens is 1. The molecule has 0 unspecified atom stereocenters. The summed E-state index contributed by atoms with van der Waals surface area (Å²) < 4.78 is 5.10. The van der Waals surface area contributed by atoms with E-state index in [0.29, 0.717) is 33.4 Å². The van der Waals surface area contributed by atoms with Gasteiger partial charge in [-0.1, -0.05) is 29.8 Å². The number of rotatable bonds is 6. The van der Waals surface area contributed by atoms with E-state index in [1.54, 1.807) is 43.5 Å². The van der Waals surface area contributed by atoms with Gasteiger partial charge in [0.1, 0.15) is 0 Å². The lowest BCUT2D eigenvalue weighted by Crippen LogP contribution is -2.14. The smallest absolute Gasteiger partial charge is 0.265 e. The lowest BCUT2D eigenvalue weighted by atomic mass is 10.1. The summed E-state index contributed by atoms with van der Waals surface area (Å²) in [7, 11) is 1.62. The Morgan fingerprint density at radius 3 is 2.63 bits per heavy atom. The van der Waals surface area contributed by atoms with Gasteiger partial charge >= 0.3 is 0 Å². The second-order valence-electron chi connectivity index (χ2n) is 5.71. The Morgan fingerprint density at radius 2 is 1.89 bits per heavy atom. The van der Waals surface area contributed by atoms with E-state index in [0.717, 1.165) is 5.56 Å². The van der Waals surface area contributed by atoms with Gasteiger partial charge in [-0.3, -0.25) is 9.59 Å². The van der Waals surface area contributed by atoms with Crippen LogP contribution in [0.4, 0.5) is 11.4 Å². The molecule has 2 aromatic carbocycles. The summed E-state index contributed by atoms with van der Waals surface area (Å²) in [6.45, 7) is 0.462. The third-order valence-electron chi connectivity index (χ3n) is 3.72. The fourth-order valence-corrected chi connectivity index (χ4v) is 3.25. The number of nitrogens with one attached hydrogen (secondary N) is 2. The first kappa shape index (κ1) is 19.1. The third-order valence-corrected chi connectivity index (χ3v) is 4.92. The summed E-state index contributed by atoms with van der Waals surface area (Å²) in [6.07, 6.45) is 0. The van der Waals surface area contributed by atoms with Gasteiger partial charge < -0.3 is 15.4 Å². The molecule has 1 heterocycles. The molecule has 0 atom stereocenters. The first-order valence-electron chi connectivity index (χ1n) is 8.10. The number of carbonyl (C=O) groups is 2. The third kappa shape index (κ3) is 4.95. The molecule has 138 valence electrons. The number of methoxy groups -OCH3 is 1. The van der Waals surface area contributed by atoms with Crippen molar-refractivity contribution in [2.75, 3.05) is 17.7 Å². The maximum atomic E-state index is 12.6. The predicted molar refractivity (Wildman–Crippen MR) is 109 cm³/mol. The fraction of sp³-hybridized carbons (Fsp3) is 0.100. The van der Waals surface area contributed by atoms with Crippen molar-refractivity contribution in [1.29, 1.82) is 0 Å². The van der Waals surface area contributed by atoms with E-state index in [9.17, 15) is 9.59 Å². The van der Waals surface area contributed by atoms with Crippen molar-refractivity contribution in [3.8, 4) is 0 Å². The highest BCUT2D eigenvalue weighted by Gasteiger charge is 2.13. The highest BCUT2D eigenvalue weighted by molar-refractivity contribution is 7.12. The highest BCUT2D eigenvalue weighted by atomic mass is 35.5. The van der Waals surface area contributed by atoms with Gasteiger partial charge in [0.25, 0.3) is 11.8 Å². The van der Waals surface area contributed by atoms with Crippen LogP contribution in [0, 0.1) is 0 Å². The Morgan fingerprint density at radius 1 is 1.04 bits per heavy atom. The van der Waals surface area contributed by atoms with Crippen LogP contribution in [0.1, 0.15) is 25.6 Å². The number of thiophene rings is 1. The molecule has 0 aliphatic carbocycles. The molecule has 0 saturated carbocycles. The minimum absolute atomic E-state index is 0.267. The molecule has 7 heteroatoms. The Hall–Kier alpha value is -2.67. The van der Waals surface area contributed by atoms with Crippen molar-refractivity contribution in [3.63, 3.8) is 0 Å². The number of ether oxygens (including phenoxy) is 1. The van der Waals surface area contributed by atoms with Crippen LogP contribution in [0.3, 0.4) is 0 Å². The van der Waals surface area contributed by atoms with E-state index in [4.69, 9.17) is 16.3 Å². The molecule has 3 aromatic rings.